The highest BCUT2D eigenvalue weighted by Crippen LogP contribution is 2.39. The highest BCUT2D eigenvalue weighted by molar-refractivity contribution is 5.88. The number of ether oxygens (including phenoxy) is 2. The van der Waals surface area contributed by atoms with Gasteiger partial charge in [0.25, 0.3) is 5.91 Å². The lowest BCUT2D eigenvalue weighted by Gasteiger charge is -2.35. The number of aryl methyl sites for hydroxylation is 1. The molecule has 1 saturated heterocycles. The molecule has 0 spiro atoms. The van der Waals surface area contributed by atoms with E-state index in [1.165, 1.54) is 26.8 Å². The summed E-state index contributed by atoms with van der Waals surface area (Å²) in [5.41, 5.74) is -1.11. The van der Waals surface area contributed by atoms with E-state index in [0.29, 0.717) is 5.65 Å². The number of halogens is 3. The summed E-state index contributed by atoms with van der Waals surface area (Å²) in [7, 11) is 1.64. The molecule has 1 aliphatic heterocycles. The van der Waals surface area contributed by atoms with Crippen LogP contribution in [0.5, 0.6) is 5.75 Å². The SMILES string of the molecule is Cn1cnc2c(-c3ccc(OCC(=O)N4CCN(C(=O)OC(C)(C)C)CC4)c(C(F)(F)F)c3)nc(C#N)nc21. The number of rotatable bonds is 4. The van der Waals surface area contributed by atoms with Crippen LogP contribution in [0.3, 0.4) is 0 Å². The fourth-order valence-corrected chi connectivity index (χ4v) is 3.98. The van der Waals surface area contributed by atoms with E-state index < -0.39 is 41.7 Å². The molecule has 1 aromatic carbocycles. The Morgan fingerprint density at radius 2 is 1.74 bits per heavy atom. The van der Waals surface area contributed by atoms with E-state index in [-0.39, 0.29) is 48.8 Å². The predicted octanol–water partition coefficient (Wildman–Crippen LogP) is 3.38. The highest BCUT2D eigenvalue weighted by atomic mass is 19.4. The van der Waals surface area contributed by atoms with E-state index >= 15 is 0 Å². The van der Waals surface area contributed by atoms with Gasteiger partial charge in [0, 0.05) is 38.8 Å². The number of fused-ring (bicyclic) bond motifs is 1. The molecule has 14 heteroatoms. The second kappa shape index (κ2) is 10.4. The van der Waals surface area contributed by atoms with Gasteiger partial charge in [0.05, 0.1) is 11.9 Å². The van der Waals surface area contributed by atoms with Crippen molar-refractivity contribution >= 4 is 23.2 Å². The number of hydrogen-bond acceptors (Lipinski definition) is 8. The number of amides is 2. The predicted molar refractivity (Wildman–Crippen MR) is 131 cm³/mol. The Hall–Kier alpha value is -4.41. The van der Waals surface area contributed by atoms with Gasteiger partial charge in [0.2, 0.25) is 5.82 Å². The number of imidazole rings is 1. The summed E-state index contributed by atoms with van der Waals surface area (Å²) >= 11 is 0. The number of piperazine rings is 1. The van der Waals surface area contributed by atoms with Crippen molar-refractivity contribution in [2.24, 2.45) is 7.05 Å². The molecule has 0 radical (unpaired) electrons. The molecule has 11 nitrogen and oxygen atoms in total. The van der Waals surface area contributed by atoms with Crippen molar-refractivity contribution in [1.29, 1.82) is 5.26 Å². The molecule has 1 fully saturated rings. The first-order chi connectivity index (χ1) is 18.3. The van der Waals surface area contributed by atoms with Gasteiger partial charge in [-0.2, -0.15) is 23.4 Å². The molecule has 4 rings (SSSR count). The summed E-state index contributed by atoms with van der Waals surface area (Å²) in [6.07, 6.45) is -3.87. The molecule has 0 aliphatic carbocycles. The zero-order valence-corrected chi connectivity index (χ0v) is 21.7. The number of aromatic nitrogens is 4. The van der Waals surface area contributed by atoms with Gasteiger partial charge in [-0.15, -0.1) is 0 Å². The third kappa shape index (κ3) is 6.19. The third-order valence-corrected chi connectivity index (χ3v) is 5.85. The summed E-state index contributed by atoms with van der Waals surface area (Å²) in [6.45, 7) is 5.48. The van der Waals surface area contributed by atoms with E-state index in [2.05, 4.69) is 15.0 Å². The van der Waals surface area contributed by atoms with E-state index in [9.17, 15) is 28.0 Å². The second-order valence-electron chi connectivity index (χ2n) is 9.88. The first-order valence-corrected chi connectivity index (χ1v) is 12.0. The Balaban J connectivity index is 1.49. The molecule has 206 valence electrons. The van der Waals surface area contributed by atoms with Crippen LogP contribution in [0.1, 0.15) is 32.2 Å². The minimum atomic E-state index is -4.80. The van der Waals surface area contributed by atoms with Crippen LogP contribution in [-0.4, -0.2) is 79.7 Å². The third-order valence-electron chi connectivity index (χ3n) is 5.85. The summed E-state index contributed by atoms with van der Waals surface area (Å²) in [5, 5.41) is 9.27. The Kier molecular flexibility index (Phi) is 7.36. The first-order valence-electron chi connectivity index (χ1n) is 12.0. The molecule has 2 amide bonds. The van der Waals surface area contributed by atoms with Crippen molar-refractivity contribution in [2.45, 2.75) is 32.5 Å². The molecule has 2 aromatic heterocycles. The summed E-state index contributed by atoms with van der Waals surface area (Å²) in [5.74, 6) is -1.26. The topological polar surface area (TPSA) is 126 Å². The largest absolute Gasteiger partial charge is 0.483 e. The highest BCUT2D eigenvalue weighted by Gasteiger charge is 2.36. The molecular formula is C25H26F3N7O4. The van der Waals surface area contributed by atoms with Crippen LogP contribution >= 0.6 is 0 Å². The van der Waals surface area contributed by atoms with E-state index in [4.69, 9.17) is 9.47 Å². The molecule has 0 atom stereocenters. The molecule has 3 heterocycles. The number of nitriles is 1. The van der Waals surface area contributed by atoms with Crippen molar-refractivity contribution in [1.82, 2.24) is 29.3 Å². The lowest BCUT2D eigenvalue weighted by molar-refractivity contribution is -0.141. The lowest BCUT2D eigenvalue weighted by Crippen LogP contribution is -2.52. The van der Waals surface area contributed by atoms with Crippen molar-refractivity contribution < 1.29 is 32.2 Å². The van der Waals surface area contributed by atoms with Gasteiger partial charge in [0.1, 0.15) is 28.6 Å². The normalized spacial score (nSPS) is 14.3. The molecule has 0 saturated carbocycles. The monoisotopic (exact) mass is 545 g/mol. The Morgan fingerprint density at radius 1 is 1.08 bits per heavy atom. The van der Waals surface area contributed by atoms with Crippen molar-refractivity contribution in [3.8, 4) is 23.1 Å². The van der Waals surface area contributed by atoms with Crippen LogP contribution in [0.2, 0.25) is 0 Å². The van der Waals surface area contributed by atoms with Crippen molar-refractivity contribution in [2.75, 3.05) is 32.8 Å². The fourth-order valence-electron chi connectivity index (χ4n) is 3.98. The average Bonchev–Trinajstić information content (AvgIpc) is 3.25. The first kappa shape index (κ1) is 27.6. The molecule has 39 heavy (non-hydrogen) atoms. The van der Waals surface area contributed by atoms with Crippen LogP contribution in [0.25, 0.3) is 22.4 Å². The Morgan fingerprint density at radius 3 is 2.36 bits per heavy atom. The molecule has 0 N–H and O–H groups in total. The maximum Gasteiger partial charge on any atom is 0.419 e. The molecule has 0 unspecified atom stereocenters. The minimum absolute atomic E-state index is 0.0573. The van der Waals surface area contributed by atoms with E-state index in [1.54, 1.807) is 33.9 Å². The minimum Gasteiger partial charge on any atom is -0.483 e. The number of carbonyl (C=O) groups is 2. The zero-order valence-electron chi connectivity index (χ0n) is 21.7. The smallest absolute Gasteiger partial charge is 0.419 e. The number of carbonyl (C=O) groups excluding carboxylic acids is 2. The van der Waals surface area contributed by atoms with Crippen molar-refractivity contribution in [3.05, 3.63) is 35.9 Å². The maximum absolute atomic E-state index is 14.0. The number of benzene rings is 1. The van der Waals surface area contributed by atoms with Crippen LogP contribution in [-0.2, 0) is 22.8 Å². The summed E-state index contributed by atoms with van der Waals surface area (Å²) < 4.78 is 54.2. The van der Waals surface area contributed by atoms with Gasteiger partial charge in [-0.3, -0.25) is 4.79 Å². The standard InChI is InChI=1S/C25H26F3N7O4/c1-24(2,3)39-23(37)35-9-7-34(8-10-35)19(36)13-38-17-6-5-15(11-16(17)25(26,27)28)20-21-22(33(4)14-30-21)32-18(12-29)31-20/h5-6,11,14H,7-10,13H2,1-4H3. The van der Waals surface area contributed by atoms with E-state index in [0.717, 1.165) is 12.1 Å². The number of hydrogen-bond donors (Lipinski definition) is 0. The van der Waals surface area contributed by atoms with Gasteiger partial charge in [-0.1, -0.05) is 0 Å². The zero-order chi connectivity index (χ0) is 28.5. The quantitative estimate of drug-likeness (QED) is 0.489. The van der Waals surface area contributed by atoms with Gasteiger partial charge >= 0.3 is 12.3 Å². The number of nitrogens with zero attached hydrogens (tertiary/aromatic N) is 7. The molecule has 1 aliphatic rings. The Bertz CT molecular complexity index is 1450. The lowest BCUT2D eigenvalue weighted by atomic mass is 10.1. The van der Waals surface area contributed by atoms with Gasteiger partial charge in [-0.05, 0) is 39.0 Å². The van der Waals surface area contributed by atoms with Crippen LogP contribution in [0.4, 0.5) is 18.0 Å². The van der Waals surface area contributed by atoms with E-state index in [1.807, 2.05) is 0 Å². The summed E-state index contributed by atoms with van der Waals surface area (Å²) in [4.78, 5) is 40.1. The van der Waals surface area contributed by atoms with Gasteiger partial charge in [0.15, 0.2) is 12.3 Å². The molecule has 3 aromatic rings. The van der Waals surface area contributed by atoms with Crippen molar-refractivity contribution in [3.63, 3.8) is 0 Å². The van der Waals surface area contributed by atoms with Crippen LogP contribution < -0.4 is 4.74 Å². The second-order valence-corrected chi connectivity index (χ2v) is 9.88. The van der Waals surface area contributed by atoms with Crippen LogP contribution in [0.15, 0.2) is 24.5 Å². The van der Waals surface area contributed by atoms with Crippen LogP contribution in [0, 0.1) is 11.3 Å². The summed E-state index contributed by atoms with van der Waals surface area (Å²) in [6, 6.07) is 5.11. The average molecular weight is 546 g/mol. The molecule has 0 bridgehead atoms. The maximum atomic E-state index is 14.0. The van der Waals surface area contributed by atoms with Gasteiger partial charge < -0.3 is 23.8 Å². The Labute approximate surface area is 221 Å². The fraction of sp³-hybridized carbons (Fsp3) is 0.440. The molecular weight excluding hydrogens is 519 g/mol. The van der Waals surface area contributed by atoms with Gasteiger partial charge in [-0.25, -0.2) is 14.8 Å². The number of alkyl halides is 3.